The molecule has 1 saturated carbocycles. The van der Waals surface area contributed by atoms with Gasteiger partial charge in [0.1, 0.15) is 0 Å². The van der Waals surface area contributed by atoms with Crippen molar-refractivity contribution < 1.29 is 18.0 Å². The molecule has 0 aliphatic heterocycles. The Labute approximate surface area is 126 Å². The molecule has 116 valence electrons. The average molecular weight is 320 g/mol. The van der Waals surface area contributed by atoms with Gasteiger partial charge in [0.05, 0.1) is 17.4 Å². The molecule has 1 amide bonds. The highest BCUT2D eigenvalue weighted by Gasteiger charge is 2.30. The molecule has 0 heterocycles. The van der Waals surface area contributed by atoms with Crippen LogP contribution in [-0.2, 0) is 17.4 Å². The summed E-state index contributed by atoms with van der Waals surface area (Å²) in [4.78, 5) is 11.9. The fourth-order valence-electron chi connectivity index (χ4n) is 2.50. The van der Waals surface area contributed by atoms with E-state index in [4.69, 9.17) is 11.6 Å². The molecule has 2 unspecified atom stereocenters. The van der Waals surface area contributed by atoms with E-state index in [9.17, 15) is 18.0 Å². The van der Waals surface area contributed by atoms with E-state index < -0.39 is 11.7 Å². The lowest BCUT2D eigenvalue weighted by atomic mass is 9.94. The number of carbonyl (C=O) groups excluding carboxylic acids is 1. The minimum Gasteiger partial charge on any atom is -0.352 e. The van der Waals surface area contributed by atoms with Crippen LogP contribution in [0.4, 0.5) is 13.2 Å². The van der Waals surface area contributed by atoms with Gasteiger partial charge in [-0.3, -0.25) is 4.79 Å². The Bertz CT molecular complexity index is 487. The topological polar surface area (TPSA) is 29.1 Å². The largest absolute Gasteiger partial charge is 0.416 e. The molecule has 1 aliphatic carbocycles. The van der Waals surface area contributed by atoms with Crippen LogP contribution >= 0.6 is 11.6 Å². The van der Waals surface area contributed by atoms with E-state index in [1.165, 1.54) is 12.1 Å². The van der Waals surface area contributed by atoms with Gasteiger partial charge in [-0.25, -0.2) is 0 Å². The van der Waals surface area contributed by atoms with E-state index in [2.05, 4.69) is 5.32 Å². The third-order valence-corrected chi connectivity index (χ3v) is 4.20. The Morgan fingerprint density at radius 1 is 1.19 bits per heavy atom. The van der Waals surface area contributed by atoms with E-state index >= 15 is 0 Å². The first kappa shape index (κ1) is 16.1. The minimum atomic E-state index is -4.35. The van der Waals surface area contributed by atoms with Crippen LogP contribution in [0.3, 0.4) is 0 Å². The number of alkyl halides is 4. The van der Waals surface area contributed by atoms with Gasteiger partial charge in [0.15, 0.2) is 0 Å². The van der Waals surface area contributed by atoms with Gasteiger partial charge in [-0.05, 0) is 30.5 Å². The number of hydrogen-bond donors (Lipinski definition) is 1. The molecule has 2 atom stereocenters. The maximum Gasteiger partial charge on any atom is 0.416 e. The number of hydrogen-bond acceptors (Lipinski definition) is 1. The van der Waals surface area contributed by atoms with Crippen molar-refractivity contribution in [1.29, 1.82) is 0 Å². The maximum atomic E-state index is 12.4. The van der Waals surface area contributed by atoms with Crippen LogP contribution in [0, 0.1) is 0 Å². The van der Waals surface area contributed by atoms with Crippen LogP contribution < -0.4 is 5.32 Å². The number of rotatable bonds is 3. The number of amides is 1. The zero-order chi connectivity index (χ0) is 15.5. The van der Waals surface area contributed by atoms with Crippen molar-refractivity contribution in [3.63, 3.8) is 0 Å². The highest BCUT2D eigenvalue weighted by Crippen LogP contribution is 2.29. The molecule has 0 spiro atoms. The van der Waals surface area contributed by atoms with Gasteiger partial charge in [0.25, 0.3) is 0 Å². The lowest BCUT2D eigenvalue weighted by Gasteiger charge is -2.27. The summed E-state index contributed by atoms with van der Waals surface area (Å²) >= 11 is 6.16. The Hall–Kier alpha value is -1.23. The van der Waals surface area contributed by atoms with Gasteiger partial charge < -0.3 is 5.32 Å². The van der Waals surface area contributed by atoms with Crippen LogP contribution in [0.15, 0.2) is 24.3 Å². The highest BCUT2D eigenvalue weighted by atomic mass is 35.5. The van der Waals surface area contributed by atoms with Crippen molar-refractivity contribution in [2.75, 3.05) is 0 Å². The molecule has 1 aromatic rings. The second-order valence-corrected chi connectivity index (χ2v) is 5.91. The van der Waals surface area contributed by atoms with Crippen molar-refractivity contribution >= 4 is 17.5 Å². The van der Waals surface area contributed by atoms with Crippen LogP contribution in [0.25, 0.3) is 0 Å². The predicted octanol–water partition coefficient (Wildman–Crippen LogP) is 3.91. The number of nitrogens with one attached hydrogen (secondary N) is 1. The molecule has 21 heavy (non-hydrogen) atoms. The maximum absolute atomic E-state index is 12.4. The molecule has 2 rings (SSSR count). The first-order chi connectivity index (χ1) is 9.86. The fourth-order valence-corrected chi connectivity index (χ4v) is 2.85. The lowest BCUT2D eigenvalue weighted by Crippen LogP contribution is -2.43. The standard InChI is InChI=1S/C15H17ClF3NO/c16-12-3-1-2-4-13(12)20-14(21)9-10-5-7-11(8-6-10)15(17,18)19/h5-8,12-13H,1-4,9H2,(H,20,21). The summed E-state index contributed by atoms with van der Waals surface area (Å²) in [7, 11) is 0. The van der Waals surface area contributed by atoms with Crippen molar-refractivity contribution in [2.24, 2.45) is 0 Å². The molecule has 1 aliphatic rings. The van der Waals surface area contributed by atoms with Crippen LogP contribution in [0.2, 0.25) is 0 Å². The Morgan fingerprint density at radius 3 is 2.38 bits per heavy atom. The first-order valence-corrected chi connectivity index (χ1v) is 7.39. The van der Waals surface area contributed by atoms with Crippen LogP contribution in [0.5, 0.6) is 0 Å². The highest BCUT2D eigenvalue weighted by molar-refractivity contribution is 6.21. The summed E-state index contributed by atoms with van der Waals surface area (Å²) in [6, 6.07) is 4.62. The summed E-state index contributed by atoms with van der Waals surface area (Å²) in [5, 5.41) is 2.81. The van der Waals surface area contributed by atoms with Crippen molar-refractivity contribution in [3.8, 4) is 0 Å². The minimum absolute atomic E-state index is 0.0395. The molecular weight excluding hydrogens is 303 g/mol. The summed E-state index contributed by atoms with van der Waals surface area (Å²) in [6.45, 7) is 0. The molecule has 1 fully saturated rings. The lowest BCUT2D eigenvalue weighted by molar-refractivity contribution is -0.137. The predicted molar refractivity (Wildman–Crippen MR) is 75.2 cm³/mol. The second-order valence-electron chi connectivity index (χ2n) is 5.35. The van der Waals surface area contributed by atoms with Crippen LogP contribution in [0.1, 0.15) is 36.8 Å². The SMILES string of the molecule is O=C(Cc1ccc(C(F)(F)F)cc1)NC1CCCCC1Cl. The number of benzene rings is 1. The molecule has 0 aromatic heterocycles. The second kappa shape index (κ2) is 6.69. The van der Waals surface area contributed by atoms with Gasteiger partial charge in [0, 0.05) is 6.04 Å². The molecule has 6 heteroatoms. The molecule has 2 nitrogen and oxygen atoms in total. The molecule has 0 saturated heterocycles. The van der Waals surface area contributed by atoms with Crippen molar-refractivity contribution in [1.82, 2.24) is 5.32 Å². The molecule has 1 aromatic carbocycles. The average Bonchev–Trinajstić information content (AvgIpc) is 2.41. The molecule has 0 bridgehead atoms. The van der Waals surface area contributed by atoms with Gasteiger partial charge in [-0.2, -0.15) is 13.2 Å². The monoisotopic (exact) mass is 319 g/mol. The molecular formula is C15H17ClF3NO. The third kappa shape index (κ3) is 4.63. The third-order valence-electron chi connectivity index (χ3n) is 3.67. The van der Waals surface area contributed by atoms with Crippen molar-refractivity contribution in [3.05, 3.63) is 35.4 Å². The number of carbonyl (C=O) groups is 1. The van der Waals surface area contributed by atoms with Gasteiger partial charge in [0.2, 0.25) is 5.91 Å². The van der Waals surface area contributed by atoms with Crippen molar-refractivity contribution in [2.45, 2.75) is 49.7 Å². The Kier molecular flexibility index (Phi) is 5.14. The zero-order valence-electron chi connectivity index (χ0n) is 11.4. The van der Waals surface area contributed by atoms with E-state index in [-0.39, 0.29) is 23.7 Å². The first-order valence-electron chi connectivity index (χ1n) is 6.96. The normalized spacial score (nSPS) is 22.9. The molecule has 1 N–H and O–H groups in total. The quantitative estimate of drug-likeness (QED) is 0.841. The van der Waals surface area contributed by atoms with E-state index in [0.717, 1.165) is 37.8 Å². The Balaban J connectivity index is 1.90. The summed E-state index contributed by atoms with van der Waals surface area (Å²) in [5.41, 5.74) is -0.151. The van der Waals surface area contributed by atoms with Gasteiger partial charge in [-0.1, -0.05) is 25.0 Å². The smallest absolute Gasteiger partial charge is 0.352 e. The van der Waals surface area contributed by atoms with E-state index in [0.29, 0.717) is 5.56 Å². The molecule has 0 radical (unpaired) electrons. The fraction of sp³-hybridized carbons (Fsp3) is 0.533. The Morgan fingerprint density at radius 2 is 1.81 bits per heavy atom. The van der Waals surface area contributed by atoms with E-state index in [1.54, 1.807) is 0 Å². The summed E-state index contributed by atoms with van der Waals surface area (Å²) in [5.74, 6) is -0.202. The van der Waals surface area contributed by atoms with E-state index in [1.807, 2.05) is 0 Å². The van der Waals surface area contributed by atoms with Gasteiger partial charge in [-0.15, -0.1) is 11.6 Å². The summed E-state index contributed by atoms with van der Waals surface area (Å²) < 4.78 is 37.3. The van der Waals surface area contributed by atoms with Gasteiger partial charge >= 0.3 is 6.18 Å². The summed E-state index contributed by atoms with van der Waals surface area (Å²) in [6.07, 6.45) is -0.444. The zero-order valence-corrected chi connectivity index (χ0v) is 12.2. The van der Waals surface area contributed by atoms with Crippen LogP contribution in [-0.4, -0.2) is 17.3 Å². The number of halogens is 4.